The maximum atomic E-state index is 8.42. The predicted molar refractivity (Wildman–Crippen MR) is 183 cm³/mol. The molecule has 4 unspecified atom stereocenters. The number of aromatic nitrogens is 2. The van der Waals surface area contributed by atoms with Crippen LogP contribution >= 0.6 is 0 Å². The summed E-state index contributed by atoms with van der Waals surface area (Å²) < 4.78 is 34.1. The van der Waals surface area contributed by atoms with Crippen molar-refractivity contribution >= 4 is 27.5 Å². The van der Waals surface area contributed by atoms with Gasteiger partial charge in [0.25, 0.3) is 0 Å². The Hall–Kier alpha value is -4.61. The number of rotatable bonds is 4. The van der Waals surface area contributed by atoms with Crippen molar-refractivity contribution in [3.63, 3.8) is 0 Å². The number of likely N-dealkylation sites (N-methyl/N-ethyl adjacent to an activating group) is 1. The van der Waals surface area contributed by atoms with Crippen LogP contribution in [0.25, 0.3) is 27.6 Å². The molecule has 6 aromatic rings. The van der Waals surface area contributed by atoms with Crippen LogP contribution in [0.3, 0.4) is 0 Å². The molecule has 0 radical (unpaired) electrons. The van der Waals surface area contributed by atoms with Gasteiger partial charge in [0.1, 0.15) is 17.3 Å². The Morgan fingerprint density at radius 3 is 2.33 bits per heavy atom. The van der Waals surface area contributed by atoms with Crippen LogP contribution in [0.2, 0.25) is 0 Å². The van der Waals surface area contributed by atoms with Crippen LogP contribution < -0.4 is 9.64 Å². The van der Waals surface area contributed by atoms with Gasteiger partial charge < -0.3 is 9.64 Å². The van der Waals surface area contributed by atoms with E-state index in [9.17, 15) is 0 Å². The molecule has 1 aliphatic heterocycles. The van der Waals surface area contributed by atoms with Gasteiger partial charge in [0, 0.05) is 56.8 Å². The van der Waals surface area contributed by atoms with Gasteiger partial charge in [-0.2, -0.15) is 0 Å². The largest absolute Gasteiger partial charge is 0.457 e. The predicted octanol–water partition coefficient (Wildman–Crippen LogP) is 9.00. The lowest BCUT2D eigenvalue weighted by molar-refractivity contribution is 0.282. The number of ether oxygens (including phenoxy) is 1. The van der Waals surface area contributed by atoms with Gasteiger partial charge in [-0.25, -0.2) is 4.98 Å². The molecule has 224 valence electrons. The van der Waals surface area contributed by atoms with Crippen LogP contribution in [-0.4, -0.2) is 40.2 Å². The van der Waals surface area contributed by atoms with Crippen LogP contribution in [0.1, 0.15) is 59.8 Å². The quantitative estimate of drug-likeness (QED) is 0.204. The van der Waals surface area contributed by atoms with Crippen molar-refractivity contribution in [1.29, 1.82) is 0 Å². The summed E-state index contributed by atoms with van der Waals surface area (Å²) in [5, 5.41) is 2.30. The van der Waals surface area contributed by atoms with E-state index in [1.807, 2.05) is 24.4 Å². The first kappa shape index (κ1) is 23.7. The van der Waals surface area contributed by atoms with Crippen LogP contribution in [0, 0.1) is 0 Å². The first-order valence-corrected chi connectivity index (χ1v) is 16.0. The van der Waals surface area contributed by atoms with Gasteiger partial charge in [-0.05, 0) is 78.0 Å². The van der Waals surface area contributed by atoms with Gasteiger partial charge in [-0.15, -0.1) is 0 Å². The molecule has 9 rings (SSSR count). The van der Waals surface area contributed by atoms with Crippen molar-refractivity contribution < 1.29 is 8.85 Å². The topological polar surface area (TPSA) is 33.5 Å². The molecule has 2 aromatic heterocycles. The number of hydrogen-bond acceptors (Lipinski definition) is 4. The molecular weight excluding hydrogens is 552 g/mol. The minimum atomic E-state index is -2.17. The molecule has 5 nitrogen and oxygen atoms in total. The maximum Gasteiger partial charge on any atom is 0.137 e. The summed E-state index contributed by atoms with van der Waals surface area (Å²) in [7, 11) is 0. The number of fused-ring (bicyclic) bond motifs is 11. The first-order chi connectivity index (χ1) is 23.1. The Bertz CT molecular complexity index is 2220. The van der Waals surface area contributed by atoms with E-state index >= 15 is 0 Å². The van der Waals surface area contributed by atoms with E-state index < -0.39 is 6.98 Å². The van der Waals surface area contributed by atoms with Gasteiger partial charge in [0.2, 0.25) is 0 Å². The van der Waals surface area contributed by atoms with Crippen molar-refractivity contribution in [2.45, 2.75) is 56.5 Å². The number of benzene rings is 4. The highest BCUT2D eigenvalue weighted by Crippen LogP contribution is 2.58. The smallest absolute Gasteiger partial charge is 0.137 e. The van der Waals surface area contributed by atoms with Crippen LogP contribution in [-0.2, 0) is 5.41 Å². The fourth-order valence-electron chi connectivity index (χ4n) is 8.38. The molecular formula is C40H38N4O. The highest BCUT2D eigenvalue weighted by molar-refractivity contribution is 6.09. The lowest BCUT2D eigenvalue weighted by atomic mass is 9.84. The van der Waals surface area contributed by atoms with E-state index in [-0.39, 0.29) is 23.4 Å². The zero-order valence-electron chi connectivity index (χ0n) is 28.8. The molecule has 1 saturated carbocycles. The number of hydrogen-bond donors (Lipinski definition) is 0. The lowest BCUT2D eigenvalue weighted by Gasteiger charge is -2.34. The summed E-state index contributed by atoms with van der Waals surface area (Å²) in [4.78, 5) is 8.87. The molecule has 5 heteroatoms. The molecule has 2 fully saturated rings. The molecule has 2 aliphatic carbocycles. The monoisotopic (exact) mass is 593 g/mol. The molecule has 3 heterocycles. The highest BCUT2D eigenvalue weighted by atomic mass is 16.5. The second-order valence-electron chi connectivity index (χ2n) is 13.9. The third-order valence-corrected chi connectivity index (χ3v) is 10.4. The molecule has 0 spiro atoms. The molecule has 45 heavy (non-hydrogen) atoms. The molecule has 2 bridgehead atoms. The molecule has 4 atom stereocenters. The minimum absolute atomic E-state index is 0.00690. The SMILES string of the molecule is [2H]C([2H])([2H])N1CN(c2cccc(Oc3ccc4c5ccccc5n(-c5cc(C(C)(C)C)ccn5)c4c3)c2)C2C3CC(c4ccccc43)C21. The summed E-state index contributed by atoms with van der Waals surface area (Å²) >= 11 is 0. The average molecular weight is 594 g/mol. The van der Waals surface area contributed by atoms with E-state index in [1.54, 1.807) is 4.90 Å². The first-order valence-electron chi connectivity index (χ1n) is 17.5. The van der Waals surface area contributed by atoms with Crippen molar-refractivity contribution in [2.75, 3.05) is 18.5 Å². The average Bonchev–Trinajstić information content (AvgIpc) is 3.82. The Labute approximate surface area is 268 Å². The summed E-state index contributed by atoms with van der Waals surface area (Å²) in [6, 6.07) is 35.8. The van der Waals surface area contributed by atoms with E-state index in [1.165, 1.54) is 22.1 Å². The molecule has 1 saturated heterocycles. The zero-order chi connectivity index (χ0) is 32.9. The van der Waals surface area contributed by atoms with Crippen molar-refractivity contribution in [3.05, 3.63) is 126 Å². The lowest BCUT2D eigenvalue weighted by Crippen LogP contribution is -2.40. The van der Waals surface area contributed by atoms with E-state index in [0.29, 0.717) is 12.6 Å². The minimum Gasteiger partial charge on any atom is -0.457 e. The van der Waals surface area contributed by atoms with E-state index in [4.69, 9.17) is 13.8 Å². The highest BCUT2D eigenvalue weighted by Gasteiger charge is 2.57. The van der Waals surface area contributed by atoms with Gasteiger partial charge in [-0.1, -0.05) is 69.3 Å². The normalized spacial score (nSPS) is 23.6. The number of pyridine rings is 1. The van der Waals surface area contributed by atoms with Gasteiger partial charge in [0.15, 0.2) is 0 Å². The Balaban J connectivity index is 1.09. The summed E-state index contributed by atoms with van der Waals surface area (Å²) in [5.74, 6) is 2.87. The summed E-state index contributed by atoms with van der Waals surface area (Å²) in [6.07, 6.45) is 2.89. The number of anilines is 1. The van der Waals surface area contributed by atoms with Gasteiger partial charge in [-0.3, -0.25) is 9.47 Å². The van der Waals surface area contributed by atoms with E-state index in [2.05, 4.69) is 115 Å². The van der Waals surface area contributed by atoms with Crippen molar-refractivity contribution in [3.8, 4) is 17.3 Å². The number of para-hydroxylation sites is 1. The standard InChI is InChI=1S/C40H38N4O/c1-40(2,3)25-18-19-41-37(20-25)44-35-15-8-7-14-31(35)32-17-16-28(22-36(32)44)45-27-11-9-10-26(21-27)43-24-42(4)38-33-23-34(39(38)43)30-13-6-5-12-29(30)33/h5-22,33-34,38-39H,23-24H2,1-4H3/i4D3. The fraction of sp³-hybridized carbons (Fsp3) is 0.275. The molecule has 4 aromatic carbocycles. The third kappa shape index (κ3) is 4.07. The van der Waals surface area contributed by atoms with Crippen molar-refractivity contribution in [2.24, 2.45) is 0 Å². The van der Waals surface area contributed by atoms with Gasteiger partial charge >= 0.3 is 0 Å². The van der Waals surface area contributed by atoms with Crippen LogP contribution in [0.15, 0.2) is 109 Å². The van der Waals surface area contributed by atoms with Crippen LogP contribution in [0.5, 0.6) is 11.5 Å². The second-order valence-corrected chi connectivity index (χ2v) is 13.9. The van der Waals surface area contributed by atoms with Crippen LogP contribution in [0.4, 0.5) is 5.69 Å². The molecule has 0 amide bonds. The van der Waals surface area contributed by atoms with Gasteiger partial charge in [0.05, 0.1) is 23.7 Å². The van der Waals surface area contributed by atoms with E-state index in [0.717, 1.165) is 45.8 Å². The maximum absolute atomic E-state index is 8.42. The third-order valence-electron chi connectivity index (χ3n) is 10.4. The molecule has 3 aliphatic rings. The Morgan fingerprint density at radius 2 is 1.51 bits per heavy atom. The zero-order valence-corrected chi connectivity index (χ0v) is 25.8. The second kappa shape index (κ2) is 9.69. The summed E-state index contributed by atoms with van der Waals surface area (Å²) in [6.45, 7) is 4.86. The summed E-state index contributed by atoms with van der Waals surface area (Å²) in [5.41, 5.74) is 7.03. The Kier molecular flexibility index (Phi) is 5.11. The fourth-order valence-corrected chi connectivity index (χ4v) is 8.38. The Morgan fingerprint density at radius 1 is 0.756 bits per heavy atom. The molecule has 0 N–H and O–H groups in total. The number of nitrogens with zero attached hydrogens (tertiary/aromatic N) is 4. The van der Waals surface area contributed by atoms with Crippen molar-refractivity contribution in [1.82, 2.24) is 14.5 Å².